The molecular formula is C17H19N3O4. The van der Waals surface area contributed by atoms with Crippen molar-refractivity contribution >= 4 is 5.91 Å². The number of carbonyl (C=O) groups is 1. The van der Waals surface area contributed by atoms with Gasteiger partial charge in [0.15, 0.2) is 0 Å². The molecule has 1 aliphatic heterocycles. The van der Waals surface area contributed by atoms with Crippen LogP contribution in [0.3, 0.4) is 0 Å². The Hall–Kier alpha value is -2.83. The first kappa shape index (κ1) is 16.0. The fourth-order valence-corrected chi connectivity index (χ4v) is 3.32. The lowest BCUT2D eigenvalue weighted by atomic mass is 9.88. The maximum atomic E-state index is 12.7. The molecule has 1 aromatic carbocycles. The Balaban J connectivity index is 2.36. The number of amides is 1. The molecule has 1 N–H and O–H groups in total. The van der Waals surface area contributed by atoms with Gasteiger partial charge in [0.2, 0.25) is 11.8 Å². The zero-order valence-corrected chi connectivity index (χ0v) is 13.8. The Morgan fingerprint density at radius 3 is 2.50 bits per heavy atom. The molecule has 0 saturated carbocycles. The van der Waals surface area contributed by atoms with Crippen LogP contribution < -0.4 is 11.2 Å². The normalized spacial score (nSPS) is 16.8. The third-order valence-electron chi connectivity index (χ3n) is 4.63. The van der Waals surface area contributed by atoms with E-state index in [4.69, 9.17) is 0 Å². The molecule has 0 fully saturated rings. The van der Waals surface area contributed by atoms with Crippen LogP contribution in [0.1, 0.15) is 29.7 Å². The summed E-state index contributed by atoms with van der Waals surface area (Å²) in [5.74, 6) is -0.596. The van der Waals surface area contributed by atoms with Crippen LogP contribution in [0, 0.1) is 0 Å². The number of hydrogen-bond acceptors (Lipinski definition) is 4. The molecule has 1 aromatic heterocycles. The van der Waals surface area contributed by atoms with E-state index in [0.29, 0.717) is 13.0 Å². The van der Waals surface area contributed by atoms with Crippen molar-refractivity contribution in [1.29, 1.82) is 0 Å². The van der Waals surface area contributed by atoms with E-state index in [1.54, 1.807) is 4.90 Å². The molecule has 7 nitrogen and oxygen atoms in total. The highest BCUT2D eigenvalue weighted by Gasteiger charge is 2.35. The Bertz CT molecular complexity index is 942. The second-order valence-electron chi connectivity index (χ2n) is 6.01. The standard InChI is InChI=1S/C17H19N3O4/c1-10(21)20-9-8-11-6-4-5-7-12(11)14(20)13-15(22)18(2)17(24)19(3)16(13)23/h4-7,14,22H,8-9H2,1-3H3. The number of hydrogen-bond donors (Lipinski definition) is 1. The predicted molar refractivity (Wildman–Crippen MR) is 88.0 cm³/mol. The molecule has 0 aliphatic carbocycles. The lowest BCUT2D eigenvalue weighted by molar-refractivity contribution is -0.130. The molecule has 0 saturated heterocycles. The molecule has 1 unspecified atom stereocenters. The van der Waals surface area contributed by atoms with Crippen LogP contribution in [0.4, 0.5) is 0 Å². The summed E-state index contributed by atoms with van der Waals surface area (Å²) >= 11 is 0. The fraction of sp³-hybridized carbons (Fsp3) is 0.353. The van der Waals surface area contributed by atoms with Gasteiger partial charge in [-0.05, 0) is 17.5 Å². The van der Waals surface area contributed by atoms with Crippen molar-refractivity contribution in [1.82, 2.24) is 14.0 Å². The summed E-state index contributed by atoms with van der Waals surface area (Å²) in [7, 11) is 2.76. The minimum Gasteiger partial charge on any atom is -0.494 e. The van der Waals surface area contributed by atoms with Gasteiger partial charge < -0.3 is 10.0 Å². The zero-order valence-electron chi connectivity index (χ0n) is 13.8. The molecule has 0 bridgehead atoms. The van der Waals surface area contributed by atoms with E-state index < -0.39 is 23.2 Å². The Morgan fingerprint density at radius 2 is 1.83 bits per heavy atom. The van der Waals surface area contributed by atoms with Crippen molar-refractivity contribution in [2.45, 2.75) is 19.4 Å². The third kappa shape index (κ3) is 2.24. The van der Waals surface area contributed by atoms with E-state index in [0.717, 1.165) is 20.3 Å². The molecule has 2 heterocycles. The molecule has 0 radical (unpaired) electrons. The van der Waals surface area contributed by atoms with Gasteiger partial charge in [-0.15, -0.1) is 0 Å². The Morgan fingerprint density at radius 1 is 1.17 bits per heavy atom. The average Bonchev–Trinajstić information content (AvgIpc) is 2.58. The van der Waals surface area contributed by atoms with Crippen molar-refractivity contribution in [3.63, 3.8) is 0 Å². The summed E-state index contributed by atoms with van der Waals surface area (Å²) in [6.07, 6.45) is 0.680. The van der Waals surface area contributed by atoms with Crippen LogP contribution in [-0.2, 0) is 25.3 Å². The minimum atomic E-state index is -0.710. The number of benzene rings is 1. The van der Waals surface area contributed by atoms with Gasteiger partial charge in [0.1, 0.15) is 5.56 Å². The maximum Gasteiger partial charge on any atom is 0.333 e. The first-order valence-electron chi connectivity index (χ1n) is 7.68. The van der Waals surface area contributed by atoms with Crippen LogP contribution in [0.5, 0.6) is 5.88 Å². The molecule has 126 valence electrons. The number of aromatic nitrogens is 2. The largest absolute Gasteiger partial charge is 0.494 e. The average molecular weight is 329 g/mol. The van der Waals surface area contributed by atoms with Crippen molar-refractivity contribution in [2.75, 3.05) is 6.54 Å². The molecule has 0 spiro atoms. The molecule has 3 rings (SSSR count). The Labute approximate surface area is 138 Å². The number of carbonyl (C=O) groups excluding carboxylic acids is 1. The van der Waals surface area contributed by atoms with Crippen LogP contribution in [0.15, 0.2) is 33.9 Å². The molecule has 1 atom stereocenters. The maximum absolute atomic E-state index is 12.7. The van der Waals surface area contributed by atoms with Crippen molar-refractivity contribution < 1.29 is 9.90 Å². The number of fused-ring (bicyclic) bond motifs is 1. The van der Waals surface area contributed by atoms with E-state index in [2.05, 4.69) is 0 Å². The van der Waals surface area contributed by atoms with Crippen molar-refractivity contribution in [2.24, 2.45) is 14.1 Å². The second kappa shape index (κ2) is 5.67. The van der Waals surface area contributed by atoms with Crippen molar-refractivity contribution in [3.05, 3.63) is 61.8 Å². The minimum absolute atomic E-state index is 0.0435. The van der Waals surface area contributed by atoms with Gasteiger partial charge in [0, 0.05) is 27.6 Å². The molecule has 7 heteroatoms. The summed E-state index contributed by atoms with van der Waals surface area (Å²) < 4.78 is 1.97. The van der Waals surface area contributed by atoms with E-state index in [1.165, 1.54) is 21.0 Å². The van der Waals surface area contributed by atoms with Gasteiger partial charge in [-0.1, -0.05) is 24.3 Å². The summed E-state index contributed by atoms with van der Waals surface area (Å²) in [5.41, 5.74) is 0.658. The van der Waals surface area contributed by atoms with E-state index in [1.807, 2.05) is 24.3 Å². The zero-order chi connectivity index (χ0) is 17.6. The second-order valence-corrected chi connectivity index (χ2v) is 6.01. The SMILES string of the molecule is CC(=O)N1CCc2ccccc2C1c1c(O)n(C)c(=O)n(C)c1=O. The molecular weight excluding hydrogens is 310 g/mol. The van der Waals surface area contributed by atoms with E-state index >= 15 is 0 Å². The van der Waals surface area contributed by atoms with Crippen molar-refractivity contribution in [3.8, 4) is 5.88 Å². The predicted octanol–water partition coefficient (Wildman–Crippen LogP) is 0.284. The summed E-state index contributed by atoms with van der Waals surface area (Å²) in [5, 5.41) is 10.5. The van der Waals surface area contributed by atoms with Gasteiger partial charge in [-0.2, -0.15) is 0 Å². The van der Waals surface area contributed by atoms with Crippen LogP contribution in [0.2, 0.25) is 0 Å². The van der Waals surface area contributed by atoms with Gasteiger partial charge in [-0.25, -0.2) is 4.79 Å². The summed E-state index contributed by atoms with van der Waals surface area (Å²) in [6, 6.07) is 6.82. The molecule has 1 amide bonds. The molecule has 1 aliphatic rings. The van der Waals surface area contributed by atoms with Gasteiger partial charge in [0.05, 0.1) is 6.04 Å². The third-order valence-corrected chi connectivity index (χ3v) is 4.63. The van der Waals surface area contributed by atoms with Gasteiger partial charge in [-0.3, -0.25) is 18.7 Å². The van der Waals surface area contributed by atoms with Gasteiger partial charge in [0.25, 0.3) is 5.56 Å². The number of rotatable bonds is 1. The quantitative estimate of drug-likeness (QED) is 0.815. The summed E-state index contributed by atoms with van der Waals surface area (Å²) in [4.78, 5) is 38.4. The van der Waals surface area contributed by atoms with Gasteiger partial charge >= 0.3 is 5.69 Å². The van der Waals surface area contributed by atoms with Crippen LogP contribution in [-0.4, -0.2) is 31.6 Å². The first-order valence-corrected chi connectivity index (χ1v) is 7.68. The monoisotopic (exact) mass is 329 g/mol. The number of aromatic hydroxyl groups is 1. The topological polar surface area (TPSA) is 84.5 Å². The van der Waals surface area contributed by atoms with Crippen LogP contribution >= 0.6 is 0 Å². The lowest BCUT2D eigenvalue weighted by Crippen LogP contribution is -2.45. The number of nitrogens with zero attached hydrogens (tertiary/aromatic N) is 3. The van der Waals surface area contributed by atoms with Crippen LogP contribution in [0.25, 0.3) is 0 Å². The highest BCUT2D eigenvalue weighted by Crippen LogP contribution is 2.36. The molecule has 24 heavy (non-hydrogen) atoms. The van der Waals surface area contributed by atoms with E-state index in [-0.39, 0.29) is 11.5 Å². The Kier molecular flexibility index (Phi) is 3.79. The summed E-state index contributed by atoms with van der Waals surface area (Å²) in [6.45, 7) is 1.88. The first-order chi connectivity index (χ1) is 11.3. The fourth-order valence-electron chi connectivity index (χ4n) is 3.32. The highest BCUT2D eigenvalue weighted by atomic mass is 16.3. The highest BCUT2D eigenvalue weighted by molar-refractivity contribution is 5.75. The molecule has 2 aromatic rings. The smallest absolute Gasteiger partial charge is 0.333 e. The lowest BCUT2D eigenvalue weighted by Gasteiger charge is -2.37. The van der Waals surface area contributed by atoms with E-state index in [9.17, 15) is 19.5 Å².